The number of benzene rings is 1. The fourth-order valence-corrected chi connectivity index (χ4v) is 2.23. The smallest absolute Gasteiger partial charge is 0.253 e. The first kappa shape index (κ1) is 14.3. The van der Waals surface area contributed by atoms with Crippen LogP contribution in [0, 0.1) is 0 Å². The minimum Gasteiger partial charge on any atom is -0.508 e. The number of hydrogen-bond donors (Lipinski definition) is 2. The molecule has 1 saturated heterocycles. The molecule has 1 fully saturated rings. The Balaban J connectivity index is 1.92. The molecule has 20 heavy (non-hydrogen) atoms. The Hall–Kier alpha value is -2.08. The maximum atomic E-state index is 12.2. The minimum absolute atomic E-state index is 0.0456. The van der Waals surface area contributed by atoms with Gasteiger partial charge in [-0.1, -0.05) is 0 Å². The lowest BCUT2D eigenvalue weighted by Crippen LogP contribution is -2.50. The third-order valence-corrected chi connectivity index (χ3v) is 3.39. The molecule has 1 aromatic rings. The number of hydrogen-bond acceptors (Lipinski definition) is 4. The zero-order valence-corrected chi connectivity index (χ0v) is 11.3. The van der Waals surface area contributed by atoms with Crippen molar-refractivity contribution in [3.8, 4) is 5.75 Å². The molecule has 2 rings (SSSR count). The van der Waals surface area contributed by atoms with Gasteiger partial charge in [0.1, 0.15) is 5.75 Å². The number of aromatic hydroxyl groups is 1. The normalized spacial score (nSPS) is 15.2. The van der Waals surface area contributed by atoms with Crippen molar-refractivity contribution in [2.24, 2.45) is 5.73 Å². The van der Waals surface area contributed by atoms with Crippen LogP contribution in [0.15, 0.2) is 24.3 Å². The number of carbonyl (C=O) groups excluding carboxylic acids is 2. The molecular formula is C14H19N3O3. The predicted octanol–water partition coefficient (Wildman–Crippen LogP) is 0.0254. The Kier molecular flexibility index (Phi) is 4.57. The monoisotopic (exact) mass is 277 g/mol. The minimum atomic E-state index is -0.0732. The third-order valence-electron chi connectivity index (χ3n) is 3.39. The van der Waals surface area contributed by atoms with Crippen LogP contribution in [-0.4, -0.2) is 59.4 Å². The molecule has 1 heterocycles. The second-order valence-corrected chi connectivity index (χ2v) is 4.76. The summed E-state index contributed by atoms with van der Waals surface area (Å²) in [7, 11) is 0. The van der Waals surface area contributed by atoms with Crippen molar-refractivity contribution in [2.75, 3.05) is 32.7 Å². The van der Waals surface area contributed by atoms with Crippen LogP contribution in [0.1, 0.15) is 16.8 Å². The summed E-state index contributed by atoms with van der Waals surface area (Å²) in [6.45, 7) is 2.49. The van der Waals surface area contributed by atoms with Crippen LogP contribution in [0.4, 0.5) is 0 Å². The number of rotatable bonds is 3. The molecule has 2 amide bonds. The quantitative estimate of drug-likeness (QED) is 0.816. The summed E-state index contributed by atoms with van der Waals surface area (Å²) in [5.41, 5.74) is 5.91. The van der Waals surface area contributed by atoms with Crippen molar-refractivity contribution in [2.45, 2.75) is 6.42 Å². The number of carbonyl (C=O) groups is 2. The van der Waals surface area contributed by atoms with Gasteiger partial charge in [0.25, 0.3) is 5.91 Å². The Labute approximate surface area is 117 Å². The summed E-state index contributed by atoms with van der Waals surface area (Å²) in [5.74, 6) is 0.110. The molecule has 0 bridgehead atoms. The van der Waals surface area contributed by atoms with Gasteiger partial charge in [-0.25, -0.2) is 0 Å². The molecule has 1 aromatic carbocycles. The molecule has 0 radical (unpaired) electrons. The predicted molar refractivity (Wildman–Crippen MR) is 74.3 cm³/mol. The Bertz CT molecular complexity index is 479. The standard InChI is InChI=1S/C14H19N3O3/c15-6-5-13(19)16-7-9-17(10-8-16)14(20)11-1-3-12(18)4-2-11/h1-4,18H,5-10,15H2. The van der Waals surface area contributed by atoms with E-state index < -0.39 is 0 Å². The van der Waals surface area contributed by atoms with Gasteiger partial charge in [0.15, 0.2) is 0 Å². The number of nitrogens with two attached hydrogens (primary N) is 1. The van der Waals surface area contributed by atoms with E-state index in [2.05, 4.69) is 0 Å². The van der Waals surface area contributed by atoms with Crippen molar-refractivity contribution in [3.63, 3.8) is 0 Å². The SMILES string of the molecule is NCCC(=O)N1CCN(C(=O)c2ccc(O)cc2)CC1. The number of phenolic OH excluding ortho intramolecular Hbond substituents is 1. The first-order chi connectivity index (χ1) is 9.61. The summed E-state index contributed by atoms with van der Waals surface area (Å²) in [6, 6.07) is 6.19. The van der Waals surface area contributed by atoms with Crippen molar-refractivity contribution in [1.82, 2.24) is 9.80 Å². The molecule has 6 nitrogen and oxygen atoms in total. The van der Waals surface area contributed by atoms with Crippen LogP contribution in [0.5, 0.6) is 5.75 Å². The zero-order chi connectivity index (χ0) is 14.5. The molecular weight excluding hydrogens is 258 g/mol. The maximum absolute atomic E-state index is 12.2. The van der Waals surface area contributed by atoms with Gasteiger partial charge in [-0.15, -0.1) is 0 Å². The molecule has 0 aliphatic carbocycles. The average molecular weight is 277 g/mol. The van der Waals surface area contributed by atoms with Crippen molar-refractivity contribution < 1.29 is 14.7 Å². The molecule has 108 valence electrons. The molecule has 6 heteroatoms. The highest BCUT2D eigenvalue weighted by Crippen LogP contribution is 2.13. The fraction of sp³-hybridized carbons (Fsp3) is 0.429. The average Bonchev–Trinajstić information content (AvgIpc) is 2.48. The van der Waals surface area contributed by atoms with Crippen LogP contribution in [0.3, 0.4) is 0 Å². The van der Waals surface area contributed by atoms with Gasteiger partial charge in [0.05, 0.1) is 0 Å². The van der Waals surface area contributed by atoms with E-state index in [1.165, 1.54) is 12.1 Å². The zero-order valence-electron chi connectivity index (χ0n) is 11.3. The Morgan fingerprint density at radius 1 is 1.05 bits per heavy atom. The first-order valence-corrected chi connectivity index (χ1v) is 6.68. The lowest BCUT2D eigenvalue weighted by atomic mass is 10.1. The third kappa shape index (κ3) is 3.27. The van der Waals surface area contributed by atoms with Crippen molar-refractivity contribution in [3.05, 3.63) is 29.8 Å². The van der Waals surface area contributed by atoms with Gasteiger partial charge in [0.2, 0.25) is 5.91 Å². The first-order valence-electron chi connectivity index (χ1n) is 6.68. The van der Waals surface area contributed by atoms with Gasteiger partial charge in [-0.05, 0) is 24.3 Å². The van der Waals surface area contributed by atoms with Crippen LogP contribution in [-0.2, 0) is 4.79 Å². The van der Waals surface area contributed by atoms with E-state index in [4.69, 9.17) is 5.73 Å². The highest BCUT2D eigenvalue weighted by Gasteiger charge is 2.24. The van der Waals surface area contributed by atoms with E-state index in [0.717, 1.165) is 0 Å². The van der Waals surface area contributed by atoms with Gasteiger partial charge < -0.3 is 20.6 Å². The fourth-order valence-electron chi connectivity index (χ4n) is 2.23. The van der Waals surface area contributed by atoms with Gasteiger partial charge in [-0.2, -0.15) is 0 Å². The highest BCUT2D eigenvalue weighted by molar-refractivity contribution is 5.94. The van der Waals surface area contributed by atoms with E-state index in [9.17, 15) is 14.7 Å². The van der Waals surface area contributed by atoms with E-state index in [1.54, 1.807) is 21.9 Å². The molecule has 0 unspecified atom stereocenters. The van der Waals surface area contributed by atoms with Gasteiger partial charge in [-0.3, -0.25) is 9.59 Å². The van der Waals surface area contributed by atoms with E-state index in [-0.39, 0.29) is 17.6 Å². The van der Waals surface area contributed by atoms with Crippen LogP contribution < -0.4 is 5.73 Å². The second kappa shape index (κ2) is 6.38. The van der Waals surface area contributed by atoms with E-state index in [1.807, 2.05) is 0 Å². The van der Waals surface area contributed by atoms with Crippen LogP contribution >= 0.6 is 0 Å². The molecule has 0 saturated carbocycles. The van der Waals surface area contributed by atoms with Crippen molar-refractivity contribution in [1.29, 1.82) is 0 Å². The number of amides is 2. The lowest BCUT2D eigenvalue weighted by molar-refractivity contribution is -0.132. The summed E-state index contributed by atoms with van der Waals surface area (Å²) in [5, 5.41) is 9.22. The number of piperazine rings is 1. The van der Waals surface area contributed by atoms with Crippen LogP contribution in [0.25, 0.3) is 0 Å². The number of phenols is 1. The Morgan fingerprint density at radius 2 is 1.60 bits per heavy atom. The molecule has 0 spiro atoms. The second-order valence-electron chi connectivity index (χ2n) is 4.76. The molecule has 0 atom stereocenters. The van der Waals surface area contributed by atoms with Crippen LogP contribution in [0.2, 0.25) is 0 Å². The van der Waals surface area contributed by atoms with Crippen molar-refractivity contribution >= 4 is 11.8 Å². The molecule has 1 aliphatic rings. The Morgan fingerprint density at radius 3 is 2.15 bits per heavy atom. The summed E-state index contributed by atoms with van der Waals surface area (Å²) >= 11 is 0. The number of nitrogens with zero attached hydrogens (tertiary/aromatic N) is 2. The largest absolute Gasteiger partial charge is 0.508 e. The van der Waals surface area contributed by atoms with E-state index >= 15 is 0 Å². The summed E-state index contributed by atoms with van der Waals surface area (Å²) in [6.07, 6.45) is 0.353. The lowest BCUT2D eigenvalue weighted by Gasteiger charge is -2.34. The molecule has 3 N–H and O–H groups in total. The topological polar surface area (TPSA) is 86.9 Å². The van der Waals surface area contributed by atoms with Gasteiger partial charge in [0, 0.05) is 44.7 Å². The maximum Gasteiger partial charge on any atom is 0.253 e. The van der Waals surface area contributed by atoms with E-state index in [0.29, 0.717) is 44.7 Å². The molecule has 1 aliphatic heterocycles. The summed E-state index contributed by atoms with van der Waals surface area (Å²) in [4.78, 5) is 27.4. The summed E-state index contributed by atoms with van der Waals surface area (Å²) < 4.78 is 0. The molecule has 0 aromatic heterocycles. The highest BCUT2D eigenvalue weighted by atomic mass is 16.3. The van der Waals surface area contributed by atoms with Gasteiger partial charge >= 0.3 is 0 Å².